The molecule has 8 heteroatoms. The van der Waals surface area contributed by atoms with E-state index in [1.165, 1.54) is 11.8 Å². The van der Waals surface area contributed by atoms with E-state index in [-0.39, 0.29) is 5.91 Å². The normalized spacial score (nSPS) is 10.6. The predicted molar refractivity (Wildman–Crippen MR) is 124 cm³/mol. The Morgan fingerprint density at radius 3 is 2.45 bits per heavy atom. The monoisotopic (exact) mass is 430 g/mol. The third kappa shape index (κ3) is 5.49. The van der Waals surface area contributed by atoms with Gasteiger partial charge in [0.2, 0.25) is 5.91 Å². The second-order valence-corrected chi connectivity index (χ2v) is 7.92. The first-order chi connectivity index (χ1) is 15.1. The Morgan fingerprint density at radius 2 is 1.77 bits per heavy atom. The molecule has 2 aromatic carbocycles. The largest absolute Gasteiger partial charge is 0.326 e. The third-order valence-electron chi connectivity index (χ3n) is 4.41. The Bertz CT molecular complexity index is 1170. The highest BCUT2D eigenvalue weighted by Gasteiger charge is 2.10. The Labute approximate surface area is 184 Å². The molecule has 0 saturated heterocycles. The number of H-pyrrole nitrogens is 1. The second kappa shape index (κ2) is 9.44. The lowest BCUT2D eigenvalue weighted by molar-refractivity contribution is -0.115. The van der Waals surface area contributed by atoms with E-state index >= 15 is 0 Å². The van der Waals surface area contributed by atoms with Crippen molar-refractivity contribution in [3.8, 4) is 11.3 Å². The van der Waals surface area contributed by atoms with Crippen molar-refractivity contribution in [1.82, 2.24) is 20.2 Å². The molecule has 0 fully saturated rings. The van der Waals surface area contributed by atoms with Gasteiger partial charge in [0.1, 0.15) is 5.82 Å². The van der Waals surface area contributed by atoms with Gasteiger partial charge in [-0.3, -0.25) is 9.89 Å². The molecule has 0 saturated carbocycles. The van der Waals surface area contributed by atoms with Gasteiger partial charge in [-0.1, -0.05) is 37.3 Å². The summed E-state index contributed by atoms with van der Waals surface area (Å²) in [6.07, 6.45) is 0.446. The van der Waals surface area contributed by atoms with Crippen LogP contribution in [0.3, 0.4) is 0 Å². The Kier molecular flexibility index (Phi) is 6.28. The van der Waals surface area contributed by atoms with E-state index in [4.69, 9.17) is 4.98 Å². The van der Waals surface area contributed by atoms with Crippen LogP contribution in [0.1, 0.15) is 19.0 Å². The highest BCUT2D eigenvalue weighted by molar-refractivity contribution is 7.99. The number of anilines is 3. The minimum absolute atomic E-state index is 0.0105. The summed E-state index contributed by atoms with van der Waals surface area (Å²) in [5.74, 6) is 1.35. The maximum absolute atomic E-state index is 11.6. The summed E-state index contributed by atoms with van der Waals surface area (Å²) >= 11 is 1.46. The summed E-state index contributed by atoms with van der Waals surface area (Å²) in [6.45, 7) is 3.77. The molecule has 4 rings (SSSR count). The smallest absolute Gasteiger partial charge is 0.224 e. The molecule has 0 spiro atoms. The molecule has 156 valence electrons. The molecule has 2 heterocycles. The number of aromatic nitrogens is 4. The molecular formula is C23H22N6OS. The molecule has 0 unspecified atom stereocenters. The van der Waals surface area contributed by atoms with Gasteiger partial charge in [0.05, 0.1) is 5.69 Å². The average molecular weight is 431 g/mol. The summed E-state index contributed by atoms with van der Waals surface area (Å²) in [4.78, 5) is 21.9. The Balaban J connectivity index is 1.61. The number of carbonyl (C=O) groups excluding carboxylic acids is 1. The quantitative estimate of drug-likeness (QED) is 0.339. The number of carbonyl (C=O) groups is 1. The van der Waals surface area contributed by atoms with Crippen molar-refractivity contribution in [2.45, 2.75) is 30.3 Å². The minimum Gasteiger partial charge on any atom is -0.326 e. The molecule has 2 aromatic heterocycles. The molecule has 0 aliphatic rings. The number of hydrogen-bond acceptors (Lipinski definition) is 6. The zero-order valence-corrected chi connectivity index (χ0v) is 18.0. The van der Waals surface area contributed by atoms with Crippen molar-refractivity contribution in [3.63, 3.8) is 0 Å². The Hall–Kier alpha value is -3.65. The first-order valence-electron chi connectivity index (χ1n) is 9.90. The van der Waals surface area contributed by atoms with Crippen LogP contribution in [-0.4, -0.2) is 26.1 Å². The lowest BCUT2D eigenvalue weighted by Crippen LogP contribution is -2.08. The van der Waals surface area contributed by atoms with Gasteiger partial charge in [-0.15, -0.1) is 0 Å². The minimum atomic E-state index is -0.0105. The molecule has 0 atom stereocenters. The number of nitrogens with one attached hydrogen (secondary N) is 3. The maximum atomic E-state index is 11.6. The molecule has 0 radical (unpaired) electrons. The van der Waals surface area contributed by atoms with E-state index in [1.54, 1.807) is 0 Å². The average Bonchev–Trinajstić information content (AvgIpc) is 3.20. The van der Waals surface area contributed by atoms with Crippen LogP contribution in [0.25, 0.3) is 11.3 Å². The molecule has 3 N–H and O–H groups in total. The number of nitrogens with zero attached hydrogens (tertiary/aromatic N) is 3. The number of benzene rings is 2. The van der Waals surface area contributed by atoms with E-state index in [1.807, 2.05) is 80.6 Å². The SMILES string of the molecule is CCC(=O)Nc1ccc(Sc2nc(Nc3cc(C)[nH]n3)cc(-c3ccccc3)n2)cc1. The van der Waals surface area contributed by atoms with Crippen molar-refractivity contribution in [2.24, 2.45) is 0 Å². The van der Waals surface area contributed by atoms with Crippen molar-refractivity contribution < 1.29 is 4.79 Å². The highest BCUT2D eigenvalue weighted by Crippen LogP contribution is 2.30. The zero-order valence-electron chi connectivity index (χ0n) is 17.2. The van der Waals surface area contributed by atoms with E-state index in [9.17, 15) is 4.79 Å². The van der Waals surface area contributed by atoms with Crippen LogP contribution in [0.4, 0.5) is 17.3 Å². The lowest BCUT2D eigenvalue weighted by Gasteiger charge is -2.09. The fourth-order valence-corrected chi connectivity index (χ4v) is 3.64. The van der Waals surface area contributed by atoms with Crippen molar-refractivity contribution in [1.29, 1.82) is 0 Å². The van der Waals surface area contributed by atoms with E-state index in [2.05, 4.69) is 25.8 Å². The number of aromatic amines is 1. The summed E-state index contributed by atoms with van der Waals surface area (Å²) < 4.78 is 0. The van der Waals surface area contributed by atoms with E-state index < -0.39 is 0 Å². The molecule has 0 aliphatic carbocycles. The number of amides is 1. The number of rotatable bonds is 7. The molecule has 1 amide bonds. The standard InChI is InChI=1S/C23H22N6OS/c1-3-22(30)24-17-9-11-18(12-10-17)31-23-25-19(16-7-5-4-6-8-16)14-20(27-23)26-21-13-15(2)28-29-21/h4-14H,3H2,1-2H3,(H,24,30)(H2,25,26,27,28,29). The second-order valence-electron chi connectivity index (χ2n) is 6.88. The summed E-state index contributed by atoms with van der Waals surface area (Å²) in [5, 5.41) is 13.9. The van der Waals surface area contributed by atoms with Crippen molar-refractivity contribution in [2.75, 3.05) is 10.6 Å². The van der Waals surface area contributed by atoms with Crippen LogP contribution in [0.5, 0.6) is 0 Å². The van der Waals surface area contributed by atoms with Gasteiger partial charge in [0.25, 0.3) is 0 Å². The maximum Gasteiger partial charge on any atom is 0.224 e. The lowest BCUT2D eigenvalue weighted by atomic mass is 10.1. The summed E-state index contributed by atoms with van der Waals surface area (Å²) in [6, 6.07) is 21.4. The van der Waals surface area contributed by atoms with Gasteiger partial charge in [0.15, 0.2) is 11.0 Å². The van der Waals surface area contributed by atoms with Crippen LogP contribution in [0, 0.1) is 6.92 Å². The molecule has 4 aromatic rings. The van der Waals surface area contributed by atoms with Gasteiger partial charge >= 0.3 is 0 Å². The Morgan fingerprint density at radius 1 is 1.00 bits per heavy atom. The van der Waals surface area contributed by atoms with Crippen molar-refractivity contribution in [3.05, 3.63) is 72.4 Å². The molecule has 7 nitrogen and oxygen atoms in total. The predicted octanol–water partition coefficient (Wildman–Crippen LogP) is 5.42. The first kappa shape index (κ1) is 20.6. The van der Waals surface area contributed by atoms with Gasteiger partial charge in [0, 0.05) is 40.4 Å². The molecule has 0 bridgehead atoms. The molecule has 0 aliphatic heterocycles. The van der Waals surface area contributed by atoms with Crippen LogP contribution < -0.4 is 10.6 Å². The topological polar surface area (TPSA) is 95.6 Å². The highest BCUT2D eigenvalue weighted by atomic mass is 32.2. The fraction of sp³-hybridized carbons (Fsp3) is 0.130. The fourth-order valence-electron chi connectivity index (χ4n) is 2.87. The summed E-state index contributed by atoms with van der Waals surface area (Å²) in [7, 11) is 0. The van der Waals surface area contributed by atoms with Crippen molar-refractivity contribution >= 4 is 35.0 Å². The van der Waals surface area contributed by atoms with Crippen LogP contribution in [0.15, 0.2) is 76.8 Å². The molecule has 31 heavy (non-hydrogen) atoms. The van der Waals surface area contributed by atoms with E-state index in [0.29, 0.717) is 23.2 Å². The van der Waals surface area contributed by atoms with Gasteiger partial charge < -0.3 is 10.6 Å². The summed E-state index contributed by atoms with van der Waals surface area (Å²) in [5.41, 5.74) is 3.56. The first-order valence-corrected chi connectivity index (χ1v) is 10.7. The van der Waals surface area contributed by atoms with Crippen LogP contribution in [0.2, 0.25) is 0 Å². The van der Waals surface area contributed by atoms with Crippen LogP contribution in [-0.2, 0) is 4.79 Å². The number of aryl methyl sites for hydroxylation is 1. The third-order valence-corrected chi connectivity index (χ3v) is 5.28. The van der Waals surface area contributed by atoms with E-state index in [0.717, 1.165) is 27.5 Å². The van der Waals surface area contributed by atoms with Gasteiger partial charge in [-0.05, 0) is 43.0 Å². The number of hydrogen-bond donors (Lipinski definition) is 3. The van der Waals surface area contributed by atoms with Gasteiger partial charge in [-0.25, -0.2) is 9.97 Å². The van der Waals surface area contributed by atoms with Crippen LogP contribution >= 0.6 is 11.8 Å². The zero-order chi connectivity index (χ0) is 21.6. The van der Waals surface area contributed by atoms with Gasteiger partial charge in [-0.2, -0.15) is 5.10 Å². The molecular weight excluding hydrogens is 408 g/mol.